The number of ether oxygens (including phenoxy) is 1. The number of aryl methyl sites for hydroxylation is 1. The Morgan fingerprint density at radius 3 is 2.93 bits per heavy atom. The minimum absolute atomic E-state index is 0.482. The zero-order chi connectivity index (χ0) is 11.3. The summed E-state index contributed by atoms with van der Waals surface area (Å²) in [6.45, 7) is 3.62. The topological polar surface area (TPSA) is 59.3 Å². The van der Waals surface area contributed by atoms with Crippen molar-refractivity contribution in [2.75, 3.05) is 26.8 Å². The van der Waals surface area contributed by atoms with E-state index in [0.29, 0.717) is 13.2 Å². The van der Waals surface area contributed by atoms with Crippen molar-refractivity contribution in [3.63, 3.8) is 0 Å². The molecule has 1 heterocycles. The predicted molar refractivity (Wildman–Crippen MR) is 57.5 cm³/mol. The summed E-state index contributed by atoms with van der Waals surface area (Å²) in [7, 11) is 3.47. The number of nitrogens with zero attached hydrogens (tertiary/aromatic N) is 2. The van der Waals surface area contributed by atoms with Crippen LogP contribution in [0.15, 0.2) is 12.3 Å². The summed E-state index contributed by atoms with van der Waals surface area (Å²) in [5, 5.41) is 17.3. The molecule has 5 heteroatoms. The first-order chi connectivity index (χ1) is 7.08. The molecule has 1 unspecified atom stereocenters. The molecule has 0 aromatic carbocycles. The molecule has 5 nitrogen and oxygen atoms in total. The van der Waals surface area contributed by atoms with E-state index in [-0.39, 0.29) is 0 Å². The summed E-state index contributed by atoms with van der Waals surface area (Å²) in [6.07, 6.45) is 1.68. The molecule has 0 saturated heterocycles. The van der Waals surface area contributed by atoms with Gasteiger partial charge in [-0.05, 0) is 13.0 Å². The van der Waals surface area contributed by atoms with Crippen LogP contribution in [0.5, 0.6) is 0 Å². The number of hydrogen-bond donors (Lipinski definition) is 2. The van der Waals surface area contributed by atoms with Crippen molar-refractivity contribution < 1.29 is 9.84 Å². The fourth-order valence-corrected chi connectivity index (χ4v) is 1.50. The Morgan fingerprint density at radius 1 is 1.67 bits per heavy atom. The lowest BCUT2D eigenvalue weighted by Crippen LogP contribution is -2.38. The maximum Gasteiger partial charge on any atom is 0.116 e. The minimum atomic E-state index is -0.904. The Labute approximate surface area is 90.1 Å². The molecule has 0 aliphatic heterocycles. The van der Waals surface area contributed by atoms with Gasteiger partial charge >= 0.3 is 0 Å². The van der Waals surface area contributed by atoms with E-state index in [2.05, 4.69) is 10.4 Å². The van der Waals surface area contributed by atoms with E-state index in [1.165, 1.54) is 0 Å². The number of rotatable bonds is 6. The largest absolute Gasteiger partial charge is 0.383 e. The standard InChI is InChI=1S/C10H19N3O2/c1-10(14,8-11-6-7-15-3)9-4-5-12-13(9)2/h4-5,11,14H,6-8H2,1-3H3. The van der Waals surface area contributed by atoms with Gasteiger partial charge in [-0.15, -0.1) is 0 Å². The summed E-state index contributed by atoms with van der Waals surface area (Å²) < 4.78 is 6.59. The van der Waals surface area contributed by atoms with Crippen LogP contribution in [-0.4, -0.2) is 41.7 Å². The van der Waals surface area contributed by atoms with Crippen molar-refractivity contribution in [3.8, 4) is 0 Å². The zero-order valence-electron chi connectivity index (χ0n) is 9.53. The molecule has 1 atom stereocenters. The Bertz CT molecular complexity index is 297. The second-order valence-electron chi connectivity index (χ2n) is 3.78. The summed E-state index contributed by atoms with van der Waals surface area (Å²) >= 11 is 0. The Hall–Kier alpha value is -0.910. The van der Waals surface area contributed by atoms with Crippen LogP contribution in [0.1, 0.15) is 12.6 Å². The van der Waals surface area contributed by atoms with Gasteiger partial charge in [0, 0.05) is 33.4 Å². The lowest BCUT2D eigenvalue weighted by Gasteiger charge is -2.23. The highest BCUT2D eigenvalue weighted by Crippen LogP contribution is 2.17. The molecule has 0 amide bonds. The molecule has 0 bridgehead atoms. The van der Waals surface area contributed by atoms with E-state index in [0.717, 1.165) is 12.2 Å². The zero-order valence-corrected chi connectivity index (χ0v) is 9.53. The van der Waals surface area contributed by atoms with Crippen LogP contribution < -0.4 is 5.32 Å². The Morgan fingerprint density at radius 2 is 2.40 bits per heavy atom. The smallest absolute Gasteiger partial charge is 0.116 e. The van der Waals surface area contributed by atoms with E-state index in [1.807, 2.05) is 13.1 Å². The molecule has 0 aliphatic rings. The summed E-state index contributed by atoms with van der Waals surface area (Å²) in [5.74, 6) is 0. The molecule has 1 rings (SSSR count). The first-order valence-corrected chi connectivity index (χ1v) is 4.98. The fraction of sp³-hybridized carbons (Fsp3) is 0.700. The third kappa shape index (κ3) is 3.30. The number of hydrogen-bond acceptors (Lipinski definition) is 4. The summed E-state index contributed by atoms with van der Waals surface area (Å²) in [6, 6.07) is 1.82. The van der Waals surface area contributed by atoms with Crippen LogP contribution in [0.25, 0.3) is 0 Å². The molecule has 1 aromatic heterocycles. The van der Waals surface area contributed by atoms with Crippen molar-refractivity contribution in [2.45, 2.75) is 12.5 Å². The molecule has 0 saturated carbocycles. The van der Waals surface area contributed by atoms with E-state index in [4.69, 9.17) is 4.74 Å². The highest BCUT2D eigenvalue weighted by Gasteiger charge is 2.25. The monoisotopic (exact) mass is 213 g/mol. The van der Waals surface area contributed by atoms with Crippen molar-refractivity contribution in [1.29, 1.82) is 0 Å². The number of nitrogens with one attached hydrogen (secondary N) is 1. The number of aliphatic hydroxyl groups is 1. The molecule has 15 heavy (non-hydrogen) atoms. The van der Waals surface area contributed by atoms with Crippen molar-refractivity contribution in [1.82, 2.24) is 15.1 Å². The molecule has 0 spiro atoms. The second kappa shape index (κ2) is 5.25. The van der Waals surface area contributed by atoms with E-state index in [9.17, 15) is 5.11 Å². The van der Waals surface area contributed by atoms with E-state index >= 15 is 0 Å². The highest BCUT2D eigenvalue weighted by molar-refractivity contribution is 5.10. The van der Waals surface area contributed by atoms with Crippen molar-refractivity contribution in [3.05, 3.63) is 18.0 Å². The number of aromatic nitrogens is 2. The molecule has 0 radical (unpaired) electrons. The Balaban J connectivity index is 2.48. The number of methoxy groups -OCH3 is 1. The minimum Gasteiger partial charge on any atom is -0.383 e. The lowest BCUT2D eigenvalue weighted by atomic mass is 10.0. The average molecular weight is 213 g/mol. The third-order valence-electron chi connectivity index (χ3n) is 2.32. The normalized spacial score (nSPS) is 15.2. The van der Waals surface area contributed by atoms with Gasteiger partial charge in [0.1, 0.15) is 5.60 Å². The third-order valence-corrected chi connectivity index (χ3v) is 2.32. The molecular formula is C10H19N3O2. The van der Waals surface area contributed by atoms with Crippen LogP contribution in [-0.2, 0) is 17.4 Å². The average Bonchev–Trinajstić information content (AvgIpc) is 2.60. The van der Waals surface area contributed by atoms with Gasteiger partial charge in [0.15, 0.2) is 0 Å². The van der Waals surface area contributed by atoms with Crippen LogP contribution in [0, 0.1) is 0 Å². The van der Waals surface area contributed by atoms with Crippen LogP contribution in [0.4, 0.5) is 0 Å². The first-order valence-electron chi connectivity index (χ1n) is 4.98. The second-order valence-corrected chi connectivity index (χ2v) is 3.78. The molecule has 86 valence electrons. The summed E-state index contributed by atoms with van der Waals surface area (Å²) in [4.78, 5) is 0. The van der Waals surface area contributed by atoms with Crippen LogP contribution in [0.3, 0.4) is 0 Å². The van der Waals surface area contributed by atoms with Crippen LogP contribution in [0.2, 0.25) is 0 Å². The van der Waals surface area contributed by atoms with Crippen molar-refractivity contribution >= 4 is 0 Å². The molecular weight excluding hydrogens is 194 g/mol. The van der Waals surface area contributed by atoms with Gasteiger partial charge in [0.25, 0.3) is 0 Å². The first kappa shape index (κ1) is 12.2. The predicted octanol–water partition coefficient (Wildman–Crippen LogP) is -0.136. The van der Waals surface area contributed by atoms with Crippen LogP contribution >= 0.6 is 0 Å². The molecule has 0 aliphatic carbocycles. The SMILES string of the molecule is COCCNCC(C)(O)c1ccnn1C. The van der Waals surface area contributed by atoms with E-state index in [1.54, 1.807) is 24.9 Å². The van der Waals surface area contributed by atoms with Gasteiger partial charge < -0.3 is 15.2 Å². The van der Waals surface area contributed by atoms with Gasteiger partial charge in [0.05, 0.1) is 12.3 Å². The molecule has 0 fully saturated rings. The molecule has 1 aromatic rings. The fourth-order valence-electron chi connectivity index (χ4n) is 1.50. The van der Waals surface area contributed by atoms with E-state index < -0.39 is 5.60 Å². The van der Waals surface area contributed by atoms with Gasteiger partial charge in [-0.25, -0.2) is 0 Å². The maximum atomic E-state index is 10.2. The quantitative estimate of drug-likeness (QED) is 0.646. The highest BCUT2D eigenvalue weighted by atomic mass is 16.5. The lowest BCUT2D eigenvalue weighted by molar-refractivity contribution is 0.0468. The van der Waals surface area contributed by atoms with Gasteiger partial charge in [-0.3, -0.25) is 4.68 Å². The summed E-state index contributed by atoms with van der Waals surface area (Å²) in [5.41, 5.74) is -0.105. The van der Waals surface area contributed by atoms with Gasteiger partial charge in [-0.2, -0.15) is 5.10 Å². The molecule has 2 N–H and O–H groups in total. The van der Waals surface area contributed by atoms with Gasteiger partial charge in [-0.1, -0.05) is 0 Å². The van der Waals surface area contributed by atoms with Gasteiger partial charge in [0.2, 0.25) is 0 Å². The maximum absolute atomic E-state index is 10.2. The van der Waals surface area contributed by atoms with Crippen molar-refractivity contribution in [2.24, 2.45) is 7.05 Å². The Kier molecular flexibility index (Phi) is 4.26.